The molecule has 0 aromatic carbocycles. The Bertz CT molecular complexity index is 499. The molecule has 1 heterocycles. The van der Waals surface area contributed by atoms with E-state index in [1.54, 1.807) is 5.38 Å². The number of aromatic nitrogens is 1. The zero-order chi connectivity index (χ0) is 17.5. The Balaban J connectivity index is 0. The van der Waals surface area contributed by atoms with Gasteiger partial charge < -0.3 is 15.5 Å². The van der Waals surface area contributed by atoms with Gasteiger partial charge in [-0.05, 0) is 13.1 Å². The summed E-state index contributed by atoms with van der Waals surface area (Å²) in [5, 5.41) is 2.13. The van der Waals surface area contributed by atoms with E-state index >= 15 is 0 Å². The lowest BCUT2D eigenvalue weighted by Crippen LogP contribution is -2.40. The Hall–Kier alpha value is -0.610. The number of nitrogens with zero attached hydrogens (tertiary/aromatic N) is 3. The molecule has 0 spiro atoms. The number of rotatable bonds is 9. The van der Waals surface area contributed by atoms with Crippen molar-refractivity contribution in [2.24, 2.45) is 5.73 Å². The minimum atomic E-state index is -4.29. The van der Waals surface area contributed by atoms with Gasteiger partial charge in [0.25, 0.3) is 5.91 Å². The fraction of sp³-hybridized carbons (Fsp3) is 0.714. The quantitative estimate of drug-likeness (QED) is 0.660. The molecule has 1 rings (SSSR count). The Morgan fingerprint density at radius 2 is 1.80 bits per heavy atom. The second-order valence-corrected chi connectivity index (χ2v) is 5.96. The van der Waals surface area contributed by atoms with Crippen LogP contribution in [0.15, 0.2) is 5.38 Å². The van der Waals surface area contributed by atoms with Gasteiger partial charge in [-0.2, -0.15) is 13.2 Å². The summed E-state index contributed by atoms with van der Waals surface area (Å²) in [6.07, 6.45) is -5.32. The Labute approximate surface area is 162 Å². The van der Waals surface area contributed by atoms with Crippen molar-refractivity contribution in [1.29, 1.82) is 0 Å². The Morgan fingerprint density at radius 3 is 2.24 bits per heavy atom. The van der Waals surface area contributed by atoms with Crippen molar-refractivity contribution in [3.63, 3.8) is 0 Å². The summed E-state index contributed by atoms with van der Waals surface area (Å²) in [5.74, 6) is -0.475. The van der Waals surface area contributed by atoms with Gasteiger partial charge in [0.05, 0.1) is 6.42 Å². The molecule has 0 aliphatic rings. The third kappa shape index (κ3) is 9.60. The van der Waals surface area contributed by atoms with Gasteiger partial charge in [0.2, 0.25) is 0 Å². The number of likely N-dealkylation sites (N-methyl/N-ethyl adjacent to an activating group) is 1. The first-order valence-corrected chi connectivity index (χ1v) is 8.41. The summed E-state index contributed by atoms with van der Waals surface area (Å²) in [6.45, 7) is 6.13. The molecule has 25 heavy (non-hydrogen) atoms. The van der Waals surface area contributed by atoms with Gasteiger partial charge in [-0.1, -0.05) is 13.8 Å². The van der Waals surface area contributed by atoms with Crippen LogP contribution in [0, 0.1) is 0 Å². The molecule has 0 atom stereocenters. The van der Waals surface area contributed by atoms with Gasteiger partial charge in [-0.15, -0.1) is 36.2 Å². The van der Waals surface area contributed by atoms with E-state index < -0.39 is 18.5 Å². The van der Waals surface area contributed by atoms with Crippen molar-refractivity contribution in [2.75, 3.05) is 32.7 Å². The molecule has 1 aromatic rings. The van der Waals surface area contributed by atoms with Crippen LogP contribution in [0.4, 0.5) is 13.2 Å². The summed E-state index contributed by atoms with van der Waals surface area (Å²) >= 11 is 1.24. The first-order chi connectivity index (χ1) is 10.8. The fourth-order valence-corrected chi connectivity index (χ4v) is 2.69. The van der Waals surface area contributed by atoms with Gasteiger partial charge in [-0.3, -0.25) is 4.79 Å². The fourth-order valence-electron chi connectivity index (χ4n) is 2.04. The number of hydrogen-bond acceptors (Lipinski definition) is 5. The third-order valence-electron chi connectivity index (χ3n) is 3.48. The topological polar surface area (TPSA) is 62.5 Å². The number of halogens is 5. The van der Waals surface area contributed by atoms with Crippen molar-refractivity contribution < 1.29 is 18.0 Å². The van der Waals surface area contributed by atoms with Crippen LogP contribution in [0.2, 0.25) is 0 Å². The van der Waals surface area contributed by atoms with Crippen molar-refractivity contribution in [3.8, 4) is 0 Å². The third-order valence-corrected chi connectivity index (χ3v) is 4.35. The molecule has 11 heteroatoms. The predicted molar refractivity (Wildman–Crippen MR) is 98.9 cm³/mol. The summed E-state index contributed by atoms with van der Waals surface area (Å²) in [6, 6.07) is 0. The molecule has 1 aromatic heterocycles. The van der Waals surface area contributed by atoms with E-state index in [-0.39, 0.29) is 50.1 Å². The van der Waals surface area contributed by atoms with Crippen LogP contribution < -0.4 is 5.73 Å². The van der Waals surface area contributed by atoms with E-state index in [2.05, 4.69) is 9.88 Å². The molecule has 0 fully saturated rings. The van der Waals surface area contributed by atoms with E-state index in [4.69, 9.17) is 5.73 Å². The molecule has 0 saturated carbocycles. The van der Waals surface area contributed by atoms with E-state index in [9.17, 15) is 18.0 Å². The van der Waals surface area contributed by atoms with Crippen LogP contribution in [-0.2, 0) is 6.54 Å². The van der Waals surface area contributed by atoms with Crippen LogP contribution in [0.25, 0.3) is 0 Å². The SMILES string of the molecule is CCN(CC)CCN(CCC(F)(F)F)C(=O)c1csc(CN)n1.Cl.Cl. The number of carbonyl (C=O) groups is 1. The summed E-state index contributed by atoms with van der Waals surface area (Å²) in [7, 11) is 0. The summed E-state index contributed by atoms with van der Waals surface area (Å²) in [4.78, 5) is 19.8. The molecule has 0 aliphatic carbocycles. The van der Waals surface area contributed by atoms with E-state index in [1.165, 1.54) is 16.2 Å². The molecule has 0 aliphatic heterocycles. The second-order valence-electron chi connectivity index (χ2n) is 5.01. The molecule has 148 valence electrons. The second kappa shape index (κ2) is 12.7. The van der Waals surface area contributed by atoms with Crippen LogP contribution in [0.1, 0.15) is 35.8 Å². The van der Waals surface area contributed by atoms with Crippen molar-refractivity contribution in [2.45, 2.75) is 33.0 Å². The van der Waals surface area contributed by atoms with Crippen LogP contribution in [-0.4, -0.2) is 59.6 Å². The van der Waals surface area contributed by atoms with Gasteiger partial charge in [0.1, 0.15) is 10.7 Å². The maximum Gasteiger partial charge on any atom is 0.390 e. The summed E-state index contributed by atoms with van der Waals surface area (Å²) < 4.78 is 37.5. The first kappa shape index (κ1) is 26.6. The van der Waals surface area contributed by atoms with Gasteiger partial charge in [0, 0.05) is 31.6 Å². The molecule has 5 nitrogen and oxygen atoms in total. The highest BCUT2D eigenvalue weighted by atomic mass is 35.5. The maximum absolute atomic E-state index is 12.5. The largest absolute Gasteiger partial charge is 0.390 e. The molecule has 0 radical (unpaired) electrons. The van der Waals surface area contributed by atoms with Crippen LogP contribution >= 0.6 is 36.2 Å². The first-order valence-electron chi connectivity index (χ1n) is 7.53. The minimum absolute atomic E-state index is 0. The van der Waals surface area contributed by atoms with Gasteiger partial charge >= 0.3 is 6.18 Å². The molecule has 0 bridgehead atoms. The lowest BCUT2D eigenvalue weighted by Gasteiger charge is -2.26. The van der Waals surface area contributed by atoms with Gasteiger partial charge in [0.15, 0.2) is 0 Å². The molecular weight excluding hydrogens is 400 g/mol. The molecule has 0 saturated heterocycles. The highest BCUT2D eigenvalue weighted by molar-refractivity contribution is 7.09. The zero-order valence-electron chi connectivity index (χ0n) is 14.2. The maximum atomic E-state index is 12.5. The minimum Gasteiger partial charge on any atom is -0.336 e. The lowest BCUT2D eigenvalue weighted by atomic mass is 10.3. The average Bonchev–Trinajstić information content (AvgIpc) is 2.98. The molecule has 2 N–H and O–H groups in total. The van der Waals surface area contributed by atoms with Gasteiger partial charge in [-0.25, -0.2) is 4.98 Å². The number of carbonyl (C=O) groups excluding carboxylic acids is 1. The van der Waals surface area contributed by atoms with E-state index in [0.717, 1.165) is 13.1 Å². The highest BCUT2D eigenvalue weighted by Gasteiger charge is 2.29. The van der Waals surface area contributed by atoms with E-state index in [0.29, 0.717) is 11.6 Å². The van der Waals surface area contributed by atoms with Crippen LogP contribution in [0.5, 0.6) is 0 Å². The monoisotopic (exact) mass is 424 g/mol. The summed E-state index contributed by atoms with van der Waals surface area (Å²) in [5.41, 5.74) is 5.62. The molecule has 0 unspecified atom stereocenters. The average molecular weight is 425 g/mol. The normalized spacial score (nSPS) is 11.0. The van der Waals surface area contributed by atoms with Crippen molar-refractivity contribution in [3.05, 3.63) is 16.1 Å². The standard InChI is InChI=1S/C14H23F3N4OS.2ClH/c1-3-20(4-2)7-8-21(6-5-14(15,16)17)13(22)11-10-23-12(9-18)19-11;;/h10H,3-9,18H2,1-2H3;2*1H. The smallest absolute Gasteiger partial charge is 0.336 e. The zero-order valence-corrected chi connectivity index (χ0v) is 16.7. The lowest BCUT2D eigenvalue weighted by molar-refractivity contribution is -0.136. The number of nitrogens with two attached hydrogens (primary N) is 1. The number of hydrogen-bond donors (Lipinski definition) is 1. The van der Waals surface area contributed by atoms with Crippen molar-refractivity contribution in [1.82, 2.24) is 14.8 Å². The van der Waals surface area contributed by atoms with Crippen molar-refractivity contribution >= 4 is 42.1 Å². The van der Waals surface area contributed by atoms with Crippen LogP contribution in [0.3, 0.4) is 0 Å². The number of thiazole rings is 1. The number of amides is 1. The van der Waals surface area contributed by atoms with E-state index in [1.807, 2.05) is 13.8 Å². The Morgan fingerprint density at radius 1 is 1.20 bits per heavy atom. The number of alkyl halides is 3. The molecule has 1 amide bonds. The Kier molecular flexibility index (Phi) is 13.5. The highest BCUT2D eigenvalue weighted by Crippen LogP contribution is 2.20. The molecular formula is C14H25Cl2F3N4OS. The predicted octanol–water partition coefficient (Wildman–Crippen LogP) is 3.18.